The first-order valence-corrected chi connectivity index (χ1v) is 13.2. The van der Waals surface area contributed by atoms with E-state index >= 15 is 0 Å². The second-order valence-corrected chi connectivity index (χ2v) is 10.4. The number of carboxylic acid groups (broad SMARTS) is 1. The summed E-state index contributed by atoms with van der Waals surface area (Å²) in [6.07, 6.45) is 5.15. The first-order valence-electron chi connectivity index (χ1n) is 10.3. The monoisotopic (exact) mass is 561 g/mol. The van der Waals surface area contributed by atoms with Gasteiger partial charge in [0, 0.05) is 23.0 Å². The largest absolute Gasteiger partial charge is 0.477 e. The number of terminal acetylenes is 1. The van der Waals surface area contributed by atoms with Gasteiger partial charge in [0.1, 0.15) is 33.7 Å². The van der Waals surface area contributed by atoms with Crippen molar-refractivity contribution in [1.82, 2.24) is 25.2 Å². The van der Waals surface area contributed by atoms with Gasteiger partial charge in [0.05, 0.1) is 0 Å². The Morgan fingerprint density at radius 2 is 2.14 bits per heavy atom. The molecular weight excluding hydrogens is 542 g/mol. The van der Waals surface area contributed by atoms with Gasteiger partial charge in [0.25, 0.3) is 11.8 Å². The molecule has 2 aliphatic heterocycles. The molecule has 17 heteroatoms. The van der Waals surface area contributed by atoms with Crippen molar-refractivity contribution in [3.63, 3.8) is 0 Å². The standard InChI is InChI=1S/C20H19N9O5S3/c1-2-3-34-28-12(9-7-37-20(23)24-9)15(30)27-13-16(31)29-14(18(32)33)8(6-36-17(13)29)5-35-11-4-10(21)25-19(22)26-11/h1,4,7,13,17H,3,5-6H2,(H2,23,24)(H,27,30)(H,32,33)(H4,21,22,25,26)/b28-12+/t13?,17-/m1/s1. The highest BCUT2D eigenvalue weighted by atomic mass is 32.2. The van der Waals surface area contributed by atoms with Gasteiger partial charge >= 0.3 is 5.97 Å². The van der Waals surface area contributed by atoms with Crippen molar-refractivity contribution >= 4 is 75.3 Å². The molecule has 4 heterocycles. The Kier molecular flexibility index (Phi) is 7.71. The van der Waals surface area contributed by atoms with E-state index in [4.69, 9.17) is 28.5 Å². The minimum absolute atomic E-state index is 0.00235. The number of hydrogen-bond donors (Lipinski definition) is 5. The van der Waals surface area contributed by atoms with Crippen LogP contribution < -0.4 is 22.5 Å². The summed E-state index contributed by atoms with van der Waals surface area (Å²) in [6, 6.07) is 0.528. The van der Waals surface area contributed by atoms with E-state index < -0.39 is 29.2 Å². The Hall–Kier alpha value is -4.01. The Balaban J connectivity index is 1.50. The maximum atomic E-state index is 13.0. The lowest BCUT2D eigenvalue weighted by molar-refractivity contribution is -0.150. The molecule has 14 nitrogen and oxygen atoms in total. The van der Waals surface area contributed by atoms with E-state index in [1.165, 1.54) is 35.0 Å². The number of β-lactam (4-membered cyclic amide) rings is 1. The second kappa shape index (κ2) is 10.9. The van der Waals surface area contributed by atoms with E-state index in [-0.39, 0.29) is 46.4 Å². The second-order valence-electron chi connectivity index (χ2n) is 7.38. The van der Waals surface area contributed by atoms with Gasteiger partial charge in [0.2, 0.25) is 5.95 Å². The number of aliphatic carboxylic acids is 1. The summed E-state index contributed by atoms with van der Waals surface area (Å²) < 4.78 is 0. The molecule has 1 unspecified atom stereocenters. The van der Waals surface area contributed by atoms with E-state index in [0.29, 0.717) is 16.4 Å². The molecule has 0 bridgehead atoms. The zero-order chi connectivity index (χ0) is 26.7. The summed E-state index contributed by atoms with van der Waals surface area (Å²) in [5.41, 5.74) is 17.2. The Labute approximate surface area is 222 Å². The van der Waals surface area contributed by atoms with E-state index in [0.717, 1.165) is 16.2 Å². The number of carboxylic acids is 1. The SMILES string of the molecule is C#CCO/N=C(/C(=O)NC1C(=O)N2C(C(=O)O)=C(CSc3cc(N)nc(N)n3)CS[C@H]12)c1csc(N)n1. The van der Waals surface area contributed by atoms with Crippen LogP contribution in [0.1, 0.15) is 5.69 Å². The van der Waals surface area contributed by atoms with Crippen molar-refractivity contribution in [2.75, 3.05) is 35.3 Å². The number of aromatic nitrogens is 3. The smallest absolute Gasteiger partial charge is 0.352 e. The van der Waals surface area contributed by atoms with Gasteiger partial charge in [-0.1, -0.05) is 11.1 Å². The lowest BCUT2D eigenvalue weighted by atomic mass is 10.0. The fraction of sp³-hybridized carbons (Fsp3) is 0.250. The van der Waals surface area contributed by atoms with Crippen LogP contribution in [0.25, 0.3) is 0 Å². The van der Waals surface area contributed by atoms with Crippen LogP contribution >= 0.6 is 34.9 Å². The third-order valence-electron chi connectivity index (χ3n) is 4.95. The van der Waals surface area contributed by atoms with Crippen molar-refractivity contribution in [3.8, 4) is 12.3 Å². The number of hydrogen-bond acceptors (Lipinski definition) is 14. The molecule has 4 rings (SSSR count). The molecule has 0 aliphatic carbocycles. The topological polar surface area (TPSA) is 225 Å². The van der Waals surface area contributed by atoms with Crippen molar-refractivity contribution in [2.45, 2.75) is 16.4 Å². The first-order chi connectivity index (χ1) is 17.7. The molecule has 2 amide bonds. The molecule has 0 saturated carbocycles. The maximum Gasteiger partial charge on any atom is 0.352 e. The van der Waals surface area contributed by atoms with Gasteiger partial charge < -0.3 is 32.5 Å². The molecule has 37 heavy (non-hydrogen) atoms. The molecule has 2 aromatic rings. The Bertz CT molecular complexity index is 1350. The van der Waals surface area contributed by atoms with Crippen molar-refractivity contribution in [1.29, 1.82) is 0 Å². The number of nitrogens with two attached hydrogens (primary N) is 3. The van der Waals surface area contributed by atoms with Crippen LogP contribution in [0.2, 0.25) is 0 Å². The highest BCUT2D eigenvalue weighted by molar-refractivity contribution is 8.01. The third-order valence-corrected chi connectivity index (χ3v) is 7.97. The number of thiazole rings is 1. The number of rotatable bonds is 9. The van der Waals surface area contributed by atoms with E-state index in [1.54, 1.807) is 0 Å². The molecule has 0 radical (unpaired) electrons. The number of nitrogen functional groups attached to an aromatic ring is 3. The summed E-state index contributed by atoms with van der Waals surface area (Å²) in [5, 5.41) is 17.7. The minimum atomic E-state index is -1.26. The highest BCUT2D eigenvalue weighted by Gasteiger charge is 2.54. The molecule has 8 N–H and O–H groups in total. The molecule has 0 spiro atoms. The maximum absolute atomic E-state index is 13.0. The predicted molar refractivity (Wildman–Crippen MR) is 139 cm³/mol. The number of carbonyl (C=O) groups excluding carboxylic acids is 2. The van der Waals surface area contributed by atoms with Crippen molar-refractivity contribution in [3.05, 3.63) is 28.4 Å². The van der Waals surface area contributed by atoms with Crippen molar-refractivity contribution < 1.29 is 24.3 Å². The average molecular weight is 562 g/mol. The van der Waals surface area contributed by atoms with E-state index in [9.17, 15) is 19.5 Å². The van der Waals surface area contributed by atoms with Gasteiger partial charge in [-0.15, -0.1) is 41.3 Å². The van der Waals surface area contributed by atoms with Gasteiger partial charge in [0.15, 0.2) is 17.5 Å². The van der Waals surface area contributed by atoms with Gasteiger partial charge in [-0.2, -0.15) is 4.98 Å². The normalized spacial score (nSPS) is 19.1. The first kappa shape index (κ1) is 26.1. The predicted octanol–water partition coefficient (Wildman–Crippen LogP) is -0.435. The number of thioether (sulfide) groups is 2. The summed E-state index contributed by atoms with van der Waals surface area (Å²) >= 11 is 3.62. The molecule has 1 saturated heterocycles. The van der Waals surface area contributed by atoms with E-state index in [1.807, 2.05) is 0 Å². The highest BCUT2D eigenvalue weighted by Crippen LogP contribution is 2.41. The van der Waals surface area contributed by atoms with Crippen LogP contribution in [-0.4, -0.2) is 78.0 Å². The Morgan fingerprint density at radius 3 is 2.78 bits per heavy atom. The molecular formula is C20H19N9O5S3. The molecule has 192 valence electrons. The lowest BCUT2D eigenvalue weighted by Gasteiger charge is -2.49. The van der Waals surface area contributed by atoms with Crippen LogP contribution in [0.5, 0.6) is 0 Å². The third kappa shape index (κ3) is 5.55. The molecule has 1 fully saturated rings. The number of oxime groups is 1. The molecule has 2 aromatic heterocycles. The van der Waals surface area contributed by atoms with Crippen LogP contribution in [-0.2, 0) is 19.2 Å². The number of nitrogens with zero attached hydrogens (tertiary/aromatic N) is 5. The summed E-state index contributed by atoms with van der Waals surface area (Å²) in [7, 11) is 0. The fourth-order valence-electron chi connectivity index (χ4n) is 3.44. The quantitative estimate of drug-likeness (QED) is 0.0498. The van der Waals surface area contributed by atoms with Gasteiger partial charge in [-0.05, 0) is 5.57 Å². The van der Waals surface area contributed by atoms with Crippen LogP contribution in [0.15, 0.2) is 32.9 Å². The van der Waals surface area contributed by atoms with Crippen molar-refractivity contribution in [2.24, 2.45) is 5.16 Å². The number of anilines is 3. The molecule has 2 atom stereocenters. The van der Waals surface area contributed by atoms with Gasteiger partial charge in [-0.25, -0.2) is 14.8 Å². The number of carbonyl (C=O) groups is 3. The zero-order valence-electron chi connectivity index (χ0n) is 18.8. The number of amides is 2. The summed E-state index contributed by atoms with van der Waals surface area (Å²) in [5.74, 6) is 0.350. The Morgan fingerprint density at radius 1 is 1.35 bits per heavy atom. The van der Waals surface area contributed by atoms with Gasteiger partial charge in [-0.3, -0.25) is 14.5 Å². The fourth-order valence-corrected chi connectivity index (χ4v) is 6.38. The summed E-state index contributed by atoms with van der Waals surface area (Å²) in [6.45, 7) is -0.188. The average Bonchev–Trinajstić information content (AvgIpc) is 3.28. The van der Waals surface area contributed by atoms with Crippen LogP contribution in [0.4, 0.5) is 16.9 Å². The lowest BCUT2D eigenvalue weighted by Crippen LogP contribution is -2.71. The molecule has 2 aliphatic rings. The summed E-state index contributed by atoms with van der Waals surface area (Å²) in [4.78, 5) is 56.0. The van der Waals surface area contributed by atoms with Crippen LogP contribution in [0.3, 0.4) is 0 Å². The molecule has 0 aromatic carbocycles. The minimum Gasteiger partial charge on any atom is -0.477 e. The number of fused-ring (bicyclic) bond motifs is 1. The number of nitrogens with one attached hydrogen (secondary N) is 1. The zero-order valence-corrected chi connectivity index (χ0v) is 21.2. The van der Waals surface area contributed by atoms with Crippen LogP contribution in [0, 0.1) is 12.3 Å². The van der Waals surface area contributed by atoms with E-state index in [2.05, 4.69) is 31.3 Å².